The average Bonchev–Trinajstić information content (AvgIpc) is 3.44. The zero-order chi connectivity index (χ0) is 23.1. The van der Waals surface area contributed by atoms with Crippen LogP contribution in [0.4, 0.5) is 5.69 Å². The van der Waals surface area contributed by atoms with Crippen LogP contribution < -0.4 is 9.03 Å². The molecule has 4 rings (SSSR count). The van der Waals surface area contributed by atoms with Gasteiger partial charge < -0.3 is 4.42 Å². The van der Waals surface area contributed by atoms with Crippen molar-refractivity contribution in [2.45, 2.75) is 37.6 Å². The van der Waals surface area contributed by atoms with E-state index in [1.54, 1.807) is 26.2 Å². The molecule has 11 heteroatoms. The third kappa shape index (κ3) is 4.34. The first kappa shape index (κ1) is 23.0. The number of carbonyl (C=O) groups is 1. The Hall–Kier alpha value is -2.21. The van der Waals surface area contributed by atoms with E-state index in [-0.39, 0.29) is 28.9 Å². The summed E-state index contributed by atoms with van der Waals surface area (Å²) in [7, 11) is -7.65. The molecule has 0 unspecified atom stereocenters. The van der Waals surface area contributed by atoms with Crippen LogP contribution in [0.15, 0.2) is 52.0 Å². The van der Waals surface area contributed by atoms with Crippen molar-refractivity contribution < 1.29 is 26.0 Å². The summed E-state index contributed by atoms with van der Waals surface area (Å²) in [5.41, 5.74) is -0.897. The third-order valence-electron chi connectivity index (χ3n) is 5.89. The minimum atomic E-state index is -3.85. The Morgan fingerprint density at radius 3 is 2.31 bits per heavy atom. The summed E-state index contributed by atoms with van der Waals surface area (Å²) in [6.07, 6.45) is 3.68. The highest BCUT2D eigenvalue weighted by atomic mass is 32.2. The van der Waals surface area contributed by atoms with E-state index in [1.807, 2.05) is 6.07 Å². The molecule has 0 bridgehead atoms. The maximum Gasteiger partial charge on any atom is 0.247 e. The number of hydrogen-bond acceptors (Lipinski definition) is 7. The average molecular weight is 482 g/mol. The van der Waals surface area contributed by atoms with E-state index in [4.69, 9.17) is 4.42 Å². The molecule has 0 saturated carbocycles. The predicted molar refractivity (Wildman–Crippen MR) is 119 cm³/mol. The molecule has 1 aromatic carbocycles. The second kappa shape index (κ2) is 8.29. The van der Waals surface area contributed by atoms with E-state index in [0.717, 1.165) is 30.2 Å². The van der Waals surface area contributed by atoms with Gasteiger partial charge in [-0.05, 0) is 76.2 Å². The van der Waals surface area contributed by atoms with Crippen LogP contribution in [0.1, 0.15) is 38.5 Å². The molecule has 1 aromatic heterocycles. The summed E-state index contributed by atoms with van der Waals surface area (Å²) in [6, 6.07) is 8.71. The van der Waals surface area contributed by atoms with Crippen molar-refractivity contribution in [2.75, 3.05) is 29.7 Å². The summed E-state index contributed by atoms with van der Waals surface area (Å²) in [6.45, 7) is 5.04. The number of benzene rings is 1. The van der Waals surface area contributed by atoms with Gasteiger partial charge >= 0.3 is 0 Å². The Balaban J connectivity index is 1.51. The van der Waals surface area contributed by atoms with Crippen LogP contribution in [0.25, 0.3) is 0 Å². The van der Waals surface area contributed by atoms with E-state index in [1.165, 1.54) is 24.3 Å². The minimum absolute atomic E-state index is 0.0100. The van der Waals surface area contributed by atoms with E-state index >= 15 is 0 Å². The Kier molecular flexibility index (Phi) is 5.95. The first-order chi connectivity index (χ1) is 15.0. The lowest BCUT2D eigenvalue weighted by Crippen LogP contribution is -2.36. The summed E-state index contributed by atoms with van der Waals surface area (Å²) in [4.78, 5) is 14.7. The zero-order valence-corrected chi connectivity index (χ0v) is 19.7. The van der Waals surface area contributed by atoms with Gasteiger partial charge in [0.1, 0.15) is 5.76 Å². The van der Waals surface area contributed by atoms with Crippen molar-refractivity contribution in [2.24, 2.45) is 5.41 Å². The number of sulfonamides is 2. The maximum atomic E-state index is 12.9. The van der Waals surface area contributed by atoms with Crippen molar-refractivity contribution in [1.82, 2.24) is 9.62 Å². The highest BCUT2D eigenvalue weighted by Gasteiger charge is 2.49. The molecule has 2 saturated heterocycles. The number of nitrogens with zero attached hydrogens (tertiary/aromatic N) is 2. The lowest BCUT2D eigenvalue weighted by Gasteiger charge is -2.26. The van der Waals surface area contributed by atoms with Gasteiger partial charge in [0.2, 0.25) is 26.0 Å². The normalized spacial score (nSPS) is 21.8. The van der Waals surface area contributed by atoms with Gasteiger partial charge in [-0.3, -0.25) is 9.69 Å². The van der Waals surface area contributed by atoms with Crippen LogP contribution in [0, 0.1) is 5.41 Å². The van der Waals surface area contributed by atoms with Crippen LogP contribution in [0.2, 0.25) is 0 Å². The summed E-state index contributed by atoms with van der Waals surface area (Å²) in [5, 5.41) is 0. The number of amides is 1. The summed E-state index contributed by atoms with van der Waals surface area (Å²) in [5.74, 6) is -0.117. The molecule has 2 aromatic rings. The predicted octanol–water partition coefficient (Wildman–Crippen LogP) is 2.10. The van der Waals surface area contributed by atoms with Crippen LogP contribution in [0.3, 0.4) is 0 Å². The van der Waals surface area contributed by atoms with Crippen molar-refractivity contribution >= 4 is 31.6 Å². The van der Waals surface area contributed by atoms with Crippen LogP contribution in [-0.2, 0) is 24.8 Å². The third-order valence-corrected chi connectivity index (χ3v) is 9.35. The van der Waals surface area contributed by atoms with Crippen molar-refractivity contribution in [3.05, 3.63) is 48.4 Å². The van der Waals surface area contributed by atoms with Gasteiger partial charge in [0.15, 0.2) is 0 Å². The summed E-state index contributed by atoms with van der Waals surface area (Å²) < 4.78 is 59.6. The molecule has 1 amide bonds. The van der Waals surface area contributed by atoms with E-state index < -0.39 is 31.4 Å². The quantitative estimate of drug-likeness (QED) is 0.644. The van der Waals surface area contributed by atoms with E-state index in [2.05, 4.69) is 9.62 Å². The number of hydrogen-bond donors (Lipinski definition) is 1. The number of nitrogens with one attached hydrogen (secondary N) is 1. The Morgan fingerprint density at radius 1 is 1.12 bits per heavy atom. The fourth-order valence-corrected chi connectivity index (χ4v) is 7.38. The zero-order valence-electron chi connectivity index (χ0n) is 18.0. The molecular weight excluding hydrogens is 454 g/mol. The largest absolute Gasteiger partial charge is 0.468 e. The molecule has 0 spiro atoms. The van der Waals surface area contributed by atoms with Gasteiger partial charge in [-0.2, -0.15) is 0 Å². The Morgan fingerprint density at radius 2 is 1.78 bits per heavy atom. The minimum Gasteiger partial charge on any atom is -0.468 e. The van der Waals surface area contributed by atoms with Crippen molar-refractivity contribution in [3.8, 4) is 0 Å². The second-order valence-corrected chi connectivity index (χ2v) is 12.4. The second-order valence-electron chi connectivity index (χ2n) is 8.83. The van der Waals surface area contributed by atoms with E-state index in [0.29, 0.717) is 5.76 Å². The fourth-order valence-electron chi connectivity index (χ4n) is 4.24. The van der Waals surface area contributed by atoms with Gasteiger partial charge in [0.25, 0.3) is 0 Å². The van der Waals surface area contributed by atoms with Crippen molar-refractivity contribution in [3.63, 3.8) is 0 Å². The van der Waals surface area contributed by atoms with Gasteiger partial charge in [0.05, 0.1) is 34.1 Å². The number of rotatable bonds is 7. The number of carbonyl (C=O) groups excluding carboxylic acids is 1. The molecule has 9 nitrogen and oxygen atoms in total. The molecule has 2 aliphatic rings. The van der Waals surface area contributed by atoms with Gasteiger partial charge in [-0.15, -0.1) is 0 Å². The fraction of sp³-hybridized carbons (Fsp3) is 0.476. The lowest BCUT2D eigenvalue weighted by molar-refractivity contribution is -0.123. The highest BCUT2D eigenvalue weighted by molar-refractivity contribution is 7.94. The molecule has 2 aliphatic heterocycles. The molecule has 1 N–H and O–H groups in total. The van der Waals surface area contributed by atoms with Crippen LogP contribution >= 0.6 is 0 Å². The van der Waals surface area contributed by atoms with Gasteiger partial charge in [0, 0.05) is 6.54 Å². The summed E-state index contributed by atoms with van der Waals surface area (Å²) >= 11 is 0. The smallest absolute Gasteiger partial charge is 0.247 e. The molecule has 32 heavy (non-hydrogen) atoms. The first-order valence-corrected chi connectivity index (χ1v) is 13.6. The van der Waals surface area contributed by atoms with Gasteiger partial charge in [-0.25, -0.2) is 25.9 Å². The number of furan rings is 1. The van der Waals surface area contributed by atoms with Crippen LogP contribution in [-0.4, -0.2) is 53.0 Å². The molecule has 1 atom stereocenters. The van der Waals surface area contributed by atoms with Crippen LogP contribution in [0.5, 0.6) is 0 Å². The molecule has 174 valence electrons. The number of likely N-dealkylation sites (tertiary alicyclic amines) is 1. The topological polar surface area (TPSA) is 117 Å². The molecular formula is C21H27N3O6S2. The first-order valence-electron chi connectivity index (χ1n) is 10.5. The Labute approximate surface area is 188 Å². The molecule has 3 heterocycles. The number of anilines is 1. The Bertz CT molecular complexity index is 1180. The highest BCUT2D eigenvalue weighted by Crippen LogP contribution is 2.36. The standard InChI is InChI=1S/C21H27N3O6S2/c1-21(2)15-31(26,27)24(20(21)25)16-7-9-17(10-8-16)32(28,29)22-14-18(19-6-5-13-30-19)23-11-3-4-12-23/h5-10,13,18,22H,3-4,11-12,14-15H2,1-2H3/t18-/m1/s1. The molecule has 0 aliphatic carbocycles. The van der Waals surface area contributed by atoms with Gasteiger partial charge in [-0.1, -0.05) is 0 Å². The lowest BCUT2D eigenvalue weighted by atomic mass is 9.95. The monoisotopic (exact) mass is 481 g/mol. The maximum absolute atomic E-state index is 12.9. The van der Waals surface area contributed by atoms with E-state index in [9.17, 15) is 21.6 Å². The van der Waals surface area contributed by atoms with Crippen molar-refractivity contribution in [1.29, 1.82) is 0 Å². The SMILES string of the molecule is CC1(C)CS(=O)(=O)N(c2ccc(S(=O)(=O)NC[C@H](c3ccco3)N3CCCC3)cc2)C1=O. The molecule has 2 fully saturated rings. The molecule has 0 radical (unpaired) electrons.